The lowest BCUT2D eigenvalue weighted by Crippen LogP contribution is -2.42. The number of nitrogens with zero attached hydrogens (tertiary/aromatic N) is 3. The third-order valence-electron chi connectivity index (χ3n) is 6.71. The van der Waals surface area contributed by atoms with Gasteiger partial charge in [0.2, 0.25) is 5.91 Å². The van der Waals surface area contributed by atoms with E-state index in [4.69, 9.17) is 5.10 Å². The van der Waals surface area contributed by atoms with E-state index in [1.54, 1.807) is 9.58 Å². The molecule has 0 aliphatic heterocycles. The fraction of sp³-hybridized carbons (Fsp3) is 0.281. The molecule has 0 radical (unpaired) electrons. The zero-order valence-electron chi connectivity index (χ0n) is 23.6. The van der Waals surface area contributed by atoms with Crippen molar-refractivity contribution in [3.63, 3.8) is 0 Å². The summed E-state index contributed by atoms with van der Waals surface area (Å²) in [7, 11) is 0. The lowest BCUT2D eigenvalue weighted by atomic mass is 10.1. The smallest absolute Gasteiger partial charge is 0.315 e. The van der Waals surface area contributed by atoms with Crippen LogP contribution in [0.2, 0.25) is 0 Å². The number of aryl methyl sites for hydroxylation is 3. The molecule has 0 spiro atoms. The van der Waals surface area contributed by atoms with E-state index in [-0.39, 0.29) is 24.4 Å². The molecule has 1 heterocycles. The minimum absolute atomic E-state index is 0.0960. The Morgan fingerprint density at radius 2 is 1.56 bits per heavy atom. The van der Waals surface area contributed by atoms with Gasteiger partial charge in [0.05, 0.1) is 11.4 Å². The van der Waals surface area contributed by atoms with E-state index in [0.29, 0.717) is 12.4 Å². The summed E-state index contributed by atoms with van der Waals surface area (Å²) in [6.45, 7) is 12.3. The Morgan fingerprint density at radius 3 is 2.23 bits per heavy atom. The number of urea groups is 1. The van der Waals surface area contributed by atoms with Crippen LogP contribution in [0.15, 0.2) is 72.8 Å². The van der Waals surface area contributed by atoms with Crippen molar-refractivity contribution in [2.45, 2.75) is 41.5 Å². The molecule has 0 fully saturated rings. The van der Waals surface area contributed by atoms with Crippen molar-refractivity contribution >= 4 is 23.4 Å². The molecule has 1 aromatic heterocycles. The first-order chi connectivity index (χ1) is 18.6. The van der Waals surface area contributed by atoms with Crippen LogP contribution in [0, 0.1) is 33.6 Å². The number of rotatable bonds is 8. The van der Waals surface area contributed by atoms with Crippen molar-refractivity contribution in [3.8, 4) is 16.8 Å². The predicted octanol–water partition coefficient (Wildman–Crippen LogP) is 6.90. The molecule has 39 heavy (non-hydrogen) atoms. The van der Waals surface area contributed by atoms with Crippen LogP contribution >= 0.6 is 0 Å². The zero-order chi connectivity index (χ0) is 28.1. The number of amides is 3. The van der Waals surface area contributed by atoms with Gasteiger partial charge in [0.25, 0.3) is 0 Å². The van der Waals surface area contributed by atoms with E-state index in [1.165, 1.54) is 0 Å². The molecule has 0 aliphatic rings. The van der Waals surface area contributed by atoms with Crippen molar-refractivity contribution < 1.29 is 9.59 Å². The first kappa shape index (κ1) is 27.6. The van der Waals surface area contributed by atoms with Crippen molar-refractivity contribution in [1.29, 1.82) is 0 Å². The Bertz CT molecular complexity index is 1460. The van der Waals surface area contributed by atoms with Gasteiger partial charge in [-0.05, 0) is 68.5 Å². The van der Waals surface area contributed by atoms with E-state index in [0.717, 1.165) is 44.9 Å². The highest BCUT2D eigenvalue weighted by atomic mass is 16.2. The van der Waals surface area contributed by atoms with Crippen LogP contribution < -0.4 is 10.6 Å². The molecule has 0 unspecified atom stereocenters. The van der Waals surface area contributed by atoms with Crippen LogP contribution in [0.25, 0.3) is 16.8 Å². The van der Waals surface area contributed by atoms with Crippen LogP contribution in [0.3, 0.4) is 0 Å². The predicted molar refractivity (Wildman–Crippen MR) is 158 cm³/mol. The topological polar surface area (TPSA) is 79.3 Å². The maximum absolute atomic E-state index is 13.5. The molecule has 3 amide bonds. The third-order valence-corrected chi connectivity index (χ3v) is 6.71. The SMILES string of the molecule is Cc1ccc(-n2nc(C)c(-c3ccccc3)c2NC(=O)CN(CC(C)C)C(=O)Nc2cccc(C)c2C)cc1. The quantitative estimate of drug-likeness (QED) is 0.264. The molecule has 0 saturated heterocycles. The second-order valence-corrected chi connectivity index (χ2v) is 10.4. The Morgan fingerprint density at radius 1 is 0.872 bits per heavy atom. The van der Waals surface area contributed by atoms with Gasteiger partial charge in [-0.25, -0.2) is 9.48 Å². The van der Waals surface area contributed by atoms with Gasteiger partial charge in [-0.3, -0.25) is 4.79 Å². The summed E-state index contributed by atoms with van der Waals surface area (Å²) in [5.74, 6) is 0.464. The molecular formula is C32H37N5O2. The summed E-state index contributed by atoms with van der Waals surface area (Å²) in [6.07, 6.45) is 0. The van der Waals surface area contributed by atoms with E-state index in [9.17, 15) is 9.59 Å². The minimum atomic E-state index is -0.306. The van der Waals surface area contributed by atoms with E-state index < -0.39 is 0 Å². The summed E-state index contributed by atoms with van der Waals surface area (Å²) < 4.78 is 1.76. The summed E-state index contributed by atoms with van der Waals surface area (Å²) in [5.41, 5.74) is 7.41. The van der Waals surface area contributed by atoms with E-state index in [2.05, 4.69) is 10.6 Å². The maximum Gasteiger partial charge on any atom is 0.322 e. The number of benzene rings is 3. The van der Waals surface area contributed by atoms with Crippen LogP contribution in [-0.4, -0.2) is 39.7 Å². The van der Waals surface area contributed by atoms with E-state index >= 15 is 0 Å². The van der Waals surface area contributed by atoms with Crippen molar-refractivity contribution in [2.75, 3.05) is 23.7 Å². The molecule has 2 N–H and O–H groups in total. The molecule has 4 rings (SSSR count). The molecule has 4 aromatic rings. The summed E-state index contributed by atoms with van der Waals surface area (Å²) in [5, 5.41) is 10.9. The monoisotopic (exact) mass is 523 g/mol. The van der Waals surface area contributed by atoms with Gasteiger partial charge in [-0.2, -0.15) is 5.10 Å². The number of aromatic nitrogens is 2. The van der Waals surface area contributed by atoms with Crippen LogP contribution in [0.4, 0.5) is 16.3 Å². The lowest BCUT2D eigenvalue weighted by Gasteiger charge is -2.25. The van der Waals surface area contributed by atoms with Gasteiger partial charge >= 0.3 is 6.03 Å². The number of carbonyl (C=O) groups is 2. The minimum Gasteiger partial charge on any atom is -0.315 e. The zero-order valence-corrected chi connectivity index (χ0v) is 23.6. The Balaban J connectivity index is 1.64. The second kappa shape index (κ2) is 12.0. The van der Waals surface area contributed by atoms with Gasteiger partial charge in [-0.1, -0.05) is 74.0 Å². The summed E-state index contributed by atoms with van der Waals surface area (Å²) in [4.78, 5) is 28.4. The summed E-state index contributed by atoms with van der Waals surface area (Å²) >= 11 is 0. The molecule has 7 heteroatoms. The van der Waals surface area contributed by atoms with Gasteiger partial charge in [0, 0.05) is 17.8 Å². The molecule has 0 bridgehead atoms. The van der Waals surface area contributed by atoms with Gasteiger partial charge < -0.3 is 15.5 Å². The average molecular weight is 524 g/mol. The first-order valence-corrected chi connectivity index (χ1v) is 13.3. The largest absolute Gasteiger partial charge is 0.322 e. The van der Waals surface area contributed by atoms with Gasteiger partial charge in [0.1, 0.15) is 12.4 Å². The highest BCUT2D eigenvalue weighted by molar-refractivity contribution is 5.99. The van der Waals surface area contributed by atoms with E-state index in [1.807, 2.05) is 114 Å². The Labute approximate surface area is 230 Å². The first-order valence-electron chi connectivity index (χ1n) is 13.3. The van der Waals surface area contributed by atoms with Gasteiger partial charge in [0.15, 0.2) is 0 Å². The molecule has 0 saturated carbocycles. The number of carbonyl (C=O) groups excluding carboxylic acids is 2. The number of hydrogen-bond acceptors (Lipinski definition) is 3. The molecule has 7 nitrogen and oxygen atoms in total. The lowest BCUT2D eigenvalue weighted by molar-refractivity contribution is -0.116. The molecular weight excluding hydrogens is 486 g/mol. The van der Waals surface area contributed by atoms with Crippen molar-refractivity contribution in [2.24, 2.45) is 5.92 Å². The molecule has 0 aliphatic carbocycles. The normalized spacial score (nSPS) is 10.9. The number of hydrogen-bond donors (Lipinski definition) is 2. The number of anilines is 2. The molecule has 3 aromatic carbocycles. The Hall–Kier alpha value is -4.39. The van der Waals surface area contributed by atoms with Crippen LogP contribution in [0.5, 0.6) is 0 Å². The molecule has 202 valence electrons. The maximum atomic E-state index is 13.5. The molecule has 0 atom stereocenters. The highest BCUT2D eigenvalue weighted by Crippen LogP contribution is 2.33. The second-order valence-electron chi connectivity index (χ2n) is 10.4. The third kappa shape index (κ3) is 6.55. The standard InChI is InChI=1S/C32H37N5O2/c1-21(2)19-36(32(39)33-28-14-10-11-23(4)24(28)5)20-29(38)34-31-30(26-12-8-7-9-13-26)25(6)35-37(31)27-17-15-22(3)16-18-27/h7-18,21H,19-20H2,1-6H3,(H,33,39)(H,34,38). The summed E-state index contributed by atoms with van der Waals surface area (Å²) in [6, 6.07) is 23.4. The fourth-order valence-electron chi connectivity index (χ4n) is 4.55. The van der Waals surface area contributed by atoms with Crippen molar-refractivity contribution in [1.82, 2.24) is 14.7 Å². The number of nitrogens with one attached hydrogen (secondary N) is 2. The Kier molecular flexibility index (Phi) is 8.49. The van der Waals surface area contributed by atoms with Crippen LogP contribution in [0.1, 0.15) is 36.2 Å². The fourth-order valence-corrected chi connectivity index (χ4v) is 4.55. The van der Waals surface area contributed by atoms with Crippen LogP contribution in [-0.2, 0) is 4.79 Å². The average Bonchev–Trinajstić information content (AvgIpc) is 3.22. The highest BCUT2D eigenvalue weighted by Gasteiger charge is 2.24. The van der Waals surface area contributed by atoms with Gasteiger partial charge in [-0.15, -0.1) is 0 Å². The van der Waals surface area contributed by atoms with Crippen molar-refractivity contribution in [3.05, 3.63) is 95.2 Å².